The van der Waals surface area contributed by atoms with Gasteiger partial charge in [0, 0.05) is 13.0 Å². The molecule has 0 unspecified atom stereocenters. The molecule has 0 spiro atoms. The molecule has 29 heavy (non-hydrogen) atoms. The number of aromatic amines is 1. The van der Waals surface area contributed by atoms with Gasteiger partial charge in [0.15, 0.2) is 0 Å². The lowest BCUT2D eigenvalue weighted by Gasteiger charge is -2.22. The molecule has 0 aliphatic rings. The van der Waals surface area contributed by atoms with E-state index in [0.717, 1.165) is 16.9 Å². The van der Waals surface area contributed by atoms with Gasteiger partial charge in [-0.15, -0.1) is 0 Å². The molecule has 3 rings (SSSR count). The van der Waals surface area contributed by atoms with Crippen molar-refractivity contribution >= 4 is 22.8 Å². The first-order valence-electron chi connectivity index (χ1n) is 9.65. The fraction of sp³-hybridized carbons (Fsp3) is 0.318. The highest BCUT2D eigenvalue weighted by atomic mass is 16.5. The number of fused-ring (bicyclic) bond motifs is 1. The number of ether oxygens (including phenoxy) is 1. The van der Waals surface area contributed by atoms with Crippen LogP contribution >= 0.6 is 0 Å². The number of imidazole rings is 1. The Labute approximate surface area is 169 Å². The monoisotopic (exact) mass is 394 g/mol. The van der Waals surface area contributed by atoms with Crippen LogP contribution in [0.25, 0.3) is 11.0 Å². The fourth-order valence-electron chi connectivity index (χ4n) is 3.12. The number of hydrogen-bond donors (Lipinski definition) is 3. The Morgan fingerprint density at radius 3 is 2.55 bits per heavy atom. The largest absolute Gasteiger partial charge is 0.496 e. The lowest BCUT2D eigenvalue weighted by Crippen LogP contribution is -2.50. The normalized spacial score (nSPS) is 12.0. The van der Waals surface area contributed by atoms with E-state index >= 15 is 0 Å². The Bertz CT molecular complexity index is 963. The molecule has 1 heterocycles. The summed E-state index contributed by atoms with van der Waals surface area (Å²) in [6.07, 6.45) is 0.575. The van der Waals surface area contributed by atoms with Crippen molar-refractivity contribution in [3.8, 4) is 5.75 Å². The molecule has 3 N–H and O–H groups in total. The van der Waals surface area contributed by atoms with Gasteiger partial charge in [-0.25, -0.2) is 4.98 Å². The van der Waals surface area contributed by atoms with Gasteiger partial charge in [0.05, 0.1) is 23.7 Å². The van der Waals surface area contributed by atoms with Crippen molar-refractivity contribution in [2.45, 2.75) is 26.3 Å². The predicted molar refractivity (Wildman–Crippen MR) is 112 cm³/mol. The predicted octanol–water partition coefficient (Wildman–Crippen LogP) is 2.68. The van der Waals surface area contributed by atoms with Crippen LogP contribution in [0.15, 0.2) is 48.5 Å². The minimum absolute atomic E-state index is 0.0696. The van der Waals surface area contributed by atoms with Gasteiger partial charge in [0.25, 0.3) is 5.91 Å². The van der Waals surface area contributed by atoms with Crippen molar-refractivity contribution in [3.63, 3.8) is 0 Å². The molecular formula is C22H26N4O3. The third-order valence-corrected chi connectivity index (χ3v) is 4.69. The molecule has 0 aliphatic heterocycles. The first kappa shape index (κ1) is 20.4. The van der Waals surface area contributed by atoms with Crippen LogP contribution in [0.4, 0.5) is 0 Å². The van der Waals surface area contributed by atoms with Crippen LogP contribution in [0.2, 0.25) is 0 Å². The zero-order valence-electron chi connectivity index (χ0n) is 16.9. The Hall–Kier alpha value is -3.35. The lowest BCUT2D eigenvalue weighted by atomic mass is 10.0. The summed E-state index contributed by atoms with van der Waals surface area (Å²) in [6.45, 7) is 4.21. The Morgan fingerprint density at radius 1 is 1.10 bits per heavy atom. The molecule has 0 bridgehead atoms. The zero-order valence-corrected chi connectivity index (χ0v) is 16.9. The molecule has 0 aliphatic carbocycles. The third-order valence-electron chi connectivity index (χ3n) is 4.69. The number of methoxy groups -OCH3 is 1. The van der Waals surface area contributed by atoms with Crippen molar-refractivity contribution in [2.24, 2.45) is 5.92 Å². The summed E-state index contributed by atoms with van der Waals surface area (Å²) in [7, 11) is 1.51. The fourth-order valence-corrected chi connectivity index (χ4v) is 3.12. The van der Waals surface area contributed by atoms with Crippen LogP contribution in [-0.4, -0.2) is 41.5 Å². The highest BCUT2D eigenvalue weighted by Gasteiger charge is 2.25. The Kier molecular flexibility index (Phi) is 6.49. The second-order valence-electron chi connectivity index (χ2n) is 7.14. The topological polar surface area (TPSA) is 96.1 Å². The van der Waals surface area contributed by atoms with Gasteiger partial charge in [0.1, 0.15) is 17.6 Å². The lowest BCUT2D eigenvalue weighted by molar-refractivity contribution is -0.123. The number of nitrogens with zero attached hydrogens (tertiary/aromatic N) is 1. The van der Waals surface area contributed by atoms with Crippen LogP contribution in [0.3, 0.4) is 0 Å². The van der Waals surface area contributed by atoms with Crippen molar-refractivity contribution in [3.05, 3.63) is 59.9 Å². The molecule has 2 aromatic carbocycles. The van der Waals surface area contributed by atoms with E-state index in [1.807, 2.05) is 38.1 Å². The van der Waals surface area contributed by atoms with E-state index in [1.54, 1.807) is 24.3 Å². The van der Waals surface area contributed by atoms with E-state index in [9.17, 15) is 9.59 Å². The van der Waals surface area contributed by atoms with Crippen LogP contribution < -0.4 is 15.4 Å². The first-order chi connectivity index (χ1) is 14.0. The maximum atomic E-state index is 12.7. The number of aromatic nitrogens is 2. The number of amides is 2. The summed E-state index contributed by atoms with van der Waals surface area (Å²) in [6, 6.07) is 14.1. The third kappa shape index (κ3) is 4.93. The first-order valence-corrected chi connectivity index (χ1v) is 9.65. The van der Waals surface area contributed by atoms with Gasteiger partial charge in [-0.3, -0.25) is 9.59 Å². The Morgan fingerprint density at radius 2 is 1.83 bits per heavy atom. The molecule has 0 radical (unpaired) electrons. The summed E-state index contributed by atoms with van der Waals surface area (Å²) in [5.41, 5.74) is 2.27. The van der Waals surface area contributed by atoms with Gasteiger partial charge in [-0.2, -0.15) is 0 Å². The van der Waals surface area contributed by atoms with Crippen LogP contribution in [0, 0.1) is 5.92 Å². The van der Waals surface area contributed by atoms with Crippen LogP contribution in [0.1, 0.15) is 30.0 Å². The molecule has 7 nitrogen and oxygen atoms in total. The molecule has 7 heteroatoms. The summed E-state index contributed by atoms with van der Waals surface area (Å²) < 4.78 is 5.24. The number of hydrogen-bond acceptors (Lipinski definition) is 4. The summed E-state index contributed by atoms with van der Waals surface area (Å²) in [4.78, 5) is 33.1. The minimum atomic E-state index is -0.650. The number of carbonyl (C=O) groups excluding carboxylic acids is 2. The maximum Gasteiger partial charge on any atom is 0.255 e. The number of rotatable bonds is 8. The van der Waals surface area contributed by atoms with E-state index in [0.29, 0.717) is 24.3 Å². The minimum Gasteiger partial charge on any atom is -0.496 e. The second-order valence-corrected chi connectivity index (χ2v) is 7.14. The molecule has 3 aromatic rings. The molecule has 152 valence electrons. The zero-order chi connectivity index (χ0) is 20.8. The summed E-state index contributed by atoms with van der Waals surface area (Å²) in [5, 5.41) is 5.72. The van der Waals surface area contributed by atoms with Gasteiger partial charge in [0.2, 0.25) is 5.91 Å². The number of para-hydroxylation sites is 3. The SMILES string of the molecule is COc1ccccc1C(=O)N[C@H](C(=O)NCCc1nc2ccccc2[nH]1)C(C)C. The average molecular weight is 394 g/mol. The van der Waals surface area contributed by atoms with E-state index in [4.69, 9.17) is 4.74 Å². The van der Waals surface area contributed by atoms with Gasteiger partial charge in [-0.05, 0) is 30.2 Å². The van der Waals surface area contributed by atoms with Crippen molar-refractivity contribution < 1.29 is 14.3 Å². The average Bonchev–Trinajstić information content (AvgIpc) is 3.14. The number of benzene rings is 2. The van der Waals surface area contributed by atoms with Crippen molar-refractivity contribution in [1.29, 1.82) is 0 Å². The van der Waals surface area contributed by atoms with E-state index < -0.39 is 6.04 Å². The molecule has 0 fully saturated rings. The highest BCUT2D eigenvalue weighted by molar-refractivity contribution is 5.99. The number of H-pyrrole nitrogens is 1. The van der Waals surface area contributed by atoms with Gasteiger partial charge < -0.3 is 20.4 Å². The van der Waals surface area contributed by atoms with Gasteiger partial charge in [-0.1, -0.05) is 38.1 Å². The van der Waals surface area contributed by atoms with Crippen molar-refractivity contribution in [1.82, 2.24) is 20.6 Å². The molecule has 1 aromatic heterocycles. The van der Waals surface area contributed by atoms with E-state index in [1.165, 1.54) is 7.11 Å². The molecule has 2 amide bonds. The molecular weight excluding hydrogens is 368 g/mol. The molecule has 1 atom stereocenters. The quantitative estimate of drug-likeness (QED) is 0.547. The maximum absolute atomic E-state index is 12.7. The van der Waals surface area contributed by atoms with Crippen LogP contribution in [-0.2, 0) is 11.2 Å². The number of nitrogens with one attached hydrogen (secondary N) is 3. The summed E-state index contributed by atoms with van der Waals surface area (Å²) >= 11 is 0. The second kappa shape index (κ2) is 9.23. The molecule has 0 saturated heterocycles. The van der Waals surface area contributed by atoms with E-state index in [2.05, 4.69) is 20.6 Å². The highest BCUT2D eigenvalue weighted by Crippen LogP contribution is 2.17. The standard InChI is InChI=1S/C22H26N4O3/c1-14(2)20(26-21(27)15-8-4-7-11-18(15)29-3)22(28)23-13-12-19-24-16-9-5-6-10-17(16)25-19/h4-11,14,20H,12-13H2,1-3H3,(H,23,28)(H,24,25)(H,26,27)/t20-/m0/s1. The van der Waals surface area contributed by atoms with Crippen molar-refractivity contribution in [2.75, 3.05) is 13.7 Å². The Balaban J connectivity index is 1.59. The van der Waals surface area contributed by atoms with Crippen LogP contribution in [0.5, 0.6) is 5.75 Å². The smallest absolute Gasteiger partial charge is 0.255 e. The van der Waals surface area contributed by atoms with Gasteiger partial charge >= 0.3 is 0 Å². The van der Waals surface area contributed by atoms with E-state index in [-0.39, 0.29) is 17.7 Å². The summed E-state index contributed by atoms with van der Waals surface area (Å²) in [5.74, 6) is 0.649. The molecule has 0 saturated carbocycles. The number of carbonyl (C=O) groups is 2.